The highest BCUT2D eigenvalue weighted by atomic mass is 16.3. The van der Waals surface area contributed by atoms with Crippen LogP contribution < -0.4 is 5.43 Å². The summed E-state index contributed by atoms with van der Waals surface area (Å²) >= 11 is 0. The average molecular weight is 238 g/mol. The molecule has 0 unspecified atom stereocenters. The van der Waals surface area contributed by atoms with E-state index in [1.54, 1.807) is 0 Å². The van der Waals surface area contributed by atoms with Gasteiger partial charge in [-0.15, -0.1) is 0 Å². The van der Waals surface area contributed by atoms with Crippen LogP contribution in [0, 0.1) is 6.92 Å². The van der Waals surface area contributed by atoms with E-state index in [-0.39, 0.29) is 11.2 Å². The third-order valence-corrected chi connectivity index (χ3v) is 2.80. The van der Waals surface area contributed by atoms with Crippen LogP contribution in [0.15, 0.2) is 10.9 Å². The molecule has 96 valence electrons. The fourth-order valence-corrected chi connectivity index (χ4v) is 1.91. The molecule has 1 aromatic heterocycles. The van der Waals surface area contributed by atoms with Gasteiger partial charge in [-0.3, -0.25) is 4.79 Å². The molecule has 0 radical (unpaired) electrons. The van der Waals surface area contributed by atoms with Crippen LogP contribution in [0.3, 0.4) is 0 Å². The Balaban J connectivity index is 3.23. The number of hydrogen-bond donors (Lipinski definition) is 1. The number of hydrogen-bond acceptors (Lipinski definition) is 3. The minimum atomic E-state index is -0.285. The first-order valence-corrected chi connectivity index (χ1v) is 6.04. The van der Waals surface area contributed by atoms with Crippen molar-refractivity contribution in [2.45, 2.75) is 39.8 Å². The third-order valence-electron chi connectivity index (χ3n) is 2.80. The molecule has 17 heavy (non-hydrogen) atoms. The number of nitrogens with zero attached hydrogens (tertiary/aromatic N) is 2. The van der Waals surface area contributed by atoms with Gasteiger partial charge in [0.05, 0.1) is 5.69 Å². The van der Waals surface area contributed by atoms with Gasteiger partial charge in [0.2, 0.25) is 5.43 Å². The van der Waals surface area contributed by atoms with Gasteiger partial charge >= 0.3 is 0 Å². The lowest BCUT2D eigenvalue weighted by atomic mass is 10.2. The Labute approximate surface area is 102 Å². The van der Waals surface area contributed by atoms with Gasteiger partial charge in [-0.2, -0.15) is 0 Å². The van der Waals surface area contributed by atoms with Gasteiger partial charge in [-0.1, -0.05) is 13.3 Å². The van der Waals surface area contributed by atoms with Crippen molar-refractivity contribution in [3.05, 3.63) is 27.7 Å². The zero-order valence-corrected chi connectivity index (χ0v) is 11.2. The average Bonchev–Trinajstić information content (AvgIpc) is 2.24. The molecular formula is C13H22N2O2. The summed E-state index contributed by atoms with van der Waals surface area (Å²) in [4.78, 5) is 13.5. The Bertz CT molecular complexity index is 436. The summed E-state index contributed by atoms with van der Waals surface area (Å²) in [5, 5.41) is 9.89. The second kappa shape index (κ2) is 5.87. The van der Waals surface area contributed by atoms with E-state index >= 15 is 0 Å². The molecule has 1 heterocycles. The number of aromatic nitrogens is 1. The van der Waals surface area contributed by atoms with Crippen LogP contribution in [-0.2, 0) is 13.1 Å². The highest BCUT2D eigenvalue weighted by Gasteiger charge is 2.13. The summed E-state index contributed by atoms with van der Waals surface area (Å²) in [6.07, 6.45) is 2.14. The Morgan fingerprint density at radius 3 is 2.59 bits per heavy atom. The Morgan fingerprint density at radius 2 is 2.06 bits per heavy atom. The molecule has 0 bridgehead atoms. The molecule has 0 saturated heterocycles. The molecule has 0 amide bonds. The normalized spacial score (nSPS) is 11.1. The van der Waals surface area contributed by atoms with E-state index in [2.05, 4.69) is 6.92 Å². The zero-order chi connectivity index (χ0) is 13.0. The highest BCUT2D eigenvalue weighted by Crippen LogP contribution is 2.16. The molecule has 0 atom stereocenters. The second-order valence-corrected chi connectivity index (χ2v) is 4.69. The monoisotopic (exact) mass is 238 g/mol. The molecule has 0 spiro atoms. The van der Waals surface area contributed by atoms with Crippen LogP contribution in [0.1, 0.15) is 31.2 Å². The number of unbranched alkanes of at least 4 members (excludes halogenated alkanes) is 1. The van der Waals surface area contributed by atoms with E-state index in [4.69, 9.17) is 0 Å². The highest BCUT2D eigenvalue weighted by molar-refractivity contribution is 5.29. The molecule has 0 fully saturated rings. The van der Waals surface area contributed by atoms with Crippen LogP contribution in [0.5, 0.6) is 5.75 Å². The zero-order valence-electron chi connectivity index (χ0n) is 11.2. The number of aryl methyl sites for hydroxylation is 1. The summed E-state index contributed by atoms with van der Waals surface area (Å²) in [7, 11) is 3.85. The van der Waals surface area contributed by atoms with Crippen molar-refractivity contribution < 1.29 is 5.11 Å². The molecule has 0 aliphatic heterocycles. The van der Waals surface area contributed by atoms with Gasteiger partial charge in [0.1, 0.15) is 0 Å². The van der Waals surface area contributed by atoms with E-state index in [1.807, 2.05) is 30.5 Å². The van der Waals surface area contributed by atoms with Crippen molar-refractivity contribution in [1.82, 2.24) is 9.47 Å². The largest absolute Gasteiger partial charge is 0.503 e. The van der Waals surface area contributed by atoms with Crippen LogP contribution >= 0.6 is 0 Å². The molecule has 4 heteroatoms. The molecule has 1 aromatic rings. The second-order valence-electron chi connectivity index (χ2n) is 4.69. The van der Waals surface area contributed by atoms with E-state index in [0.29, 0.717) is 12.2 Å². The summed E-state index contributed by atoms with van der Waals surface area (Å²) in [6.45, 7) is 5.46. The predicted octanol–water partition coefficient (Wildman–Crippen LogP) is 1.72. The molecule has 4 nitrogen and oxygen atoms in total. The van der Waals surface area contributed by atoms with Crippen molar-refractivity contribution in [3.63, 3.8) is 0 Å². The number of rotatable bonds is 5. The van der Waals surface area contributed by atoms with Crippen LogP contribution in [-0.4, -0.2) is 28.7 Å². The van der Waals surface area contributed by atoms with E-state index in [1.165, 1.54) is 6.07 Å². The first-order chi connectivity index (χ1) is 7.97. The maximum atomic E-state index is 11.6. The van der Waals surface area contributed by atoms with Gasteiger partial charge in [-0.25, -0.2) is 0 Å². The fourth-order valence-electron chi connectivity index (χ4n) is 1.91. The Morgan fingerprint density at radius 1 is 1.41 bits per heavy atom. The summed E-state index contributed by atoms with van der Waals surface area (Å²) < 4.78 is 2.04. The molecule has 1 N–H and O–H groups in total. The first-order valence-electron chi connectivity index (χ1n) is 6.04. The molecule has 0 aromatic carbocycles. The predicted molar refractivity (Wildman–Crippen MR) is 69.4 cm³/mol. The van der Waals surface area contributed by atoms with E-state index in [0.717, 1.165) is 25.1 Å². The van der Waals surface area contributed by atoms with Crippen LogP contribution in [0.2, 0.25) is 0 Å². The molecule has 0 saturated carbocycles. The van der Waals surface area contributed by atoms with Crippen molar-refractivity contribution in [1.29, 1.82) is 0 Å². The van der Waals surface area contributed by atoms with Gasteiger partial charge < -0.3 is 14.6 Å². The van der Waals surface area contributed by atoms with Gasteiger partial charge in [-0.05, 0) is 27.4 Å². The quantitative estimate of drug-likeness (QED) is 0.849. The minimum Gasteiger partial charge on any atom is -0.503 e. The van der Waals surface area contributed by atoms with Crippen molar-refractivity contribution in [2.24, 2.45) is 0 Å². The summed E-state index contributed by atoms with van der Waals surface area (Å²) in [6, 6.07) is 1.50. The third kappa shape index (κ3) is 3.33. The van der Waals surface area contributed by atoms with Crippen LogP contribution in [0.4, 0.5) is 0 Å². The van der Waals surface area contributed by atoms with Crippen molar-refractivity contribution in [2.75, 3.05) is 14.1 Å². The SMILES string of the molecule is CCCCn1c(C)cc(=O)c(O)c1CN(C)C. The minimum absolute atomic E-state index is 0.111. The maximum absolute atomic E-state index is 11.6. The van der Waals surface area contributed by atoms with Crippen molar-refractivity contribution >= 4 is 0 Å². The number of pyridine rings is 1. The fraction of sp³-hybridized carbons (Fsp3) is 0.615. The topological polar surface area (TPSA) is 45.5 Å². The van der Waals surface area contributed by atoms with Gasteiger partial charge in [0.15, 0.2) is 5.75 Å². The lowest BCUT2D eigenvalue weighted by molar-refractivity contribution is 0.360. The van der Waals surface area contributed by atoms with Gasteiger partial charge in [0.25, 0.3) is 0 Å². The summed E-state index contributed by atoms with van der Waals surface area (Å²) in [5.41, 5.74) is 1.35. The van der Waals surface area contributed by atoms with Gasteiger partial charge in [0, 0.05) is 24.8 Å². The Kier molecular flexibility index (Phi) is 4.75. The maximum Gasteiger partial charge on any atom is 0.223 e. The smallest absolute Gasteiger partial charge is 0.223 e. The van der Waals surface area contributed by atoms with E-state index < -0.39 is 0 Å². The molecule has 0 aliphatic carbocycles. The molecule has 0 aliphatic rings. The molecule has 1 rings (SSSR count). The lowest BCUT2D eigenvalue weighted by Crippen LogP contribution is -2.21. The molecular weight excluding hydrogens is 216 g/mol. The standard InChI is InChI=1S/C13H22N2O2/c1-5-6-7-15-10(2)8-12(16)13(17)11(15)9-14(3)4/h8,17H,5-7,9H2,1-4H3. The Hall–Kier alpha value is -1.29. The lowest BCUT2D eigenvalue weighted by Gasteiger charge is -2.20. The van der Waals surface area contributed by atoms with Crippen LogP contribution in [0.25, 0.3) is 0 Å². The first kappa shape index (κ1) is 13.8. The number of aromatic hydroxyl groups is 1. The summed E-state index contributed by atoms with van der Waals surface area (Å²) in [5.74, 6) is -0.111. The van der Waals surface area contributed by atoms with Crippen molar-refractivity contribution in [3.8, 4) is 5.75 Å². The van der Waals surface area contributed by atoms with E-state index in [9.17, 15) is 9.90 Å².